The topological polar surface area (TPSA) is 66.4 Å². The highest BCUT2D eigenvalue weighted by Crippen LogP contribution is 2.42. The molecule has 1 heterocycles. The Morgan fingerprint density at radius 3 is 2.50 bits per heavy atom. The summed E-state index contributed by atoms with van der Waals surface area (Å²) in [5.41, 5.74) is -1.23. The third-order valence-corrected chi connectivity index (χ3v) is 4.01. The second kappa shape index (κ2) is 4.07. The molecule has 2 N–H and O–H groups in total. The number of carbonyl (C=O) groups is 2. The lowest BCUT2D eigenvalue weighted by molar-refractivity contribution is -0.159. The van der Waals surface area contributed by atoms with Gasteiger partial charge in [-0.25, -0.2) is 0 Å². The molecule has 1 fully saturated rings. The van der Waals surface area contributed by atoms with Crippen molar-refractivity contribution in [2.24, 2.45) is 5.41 Å². The number of aliphatic carboxylic acids is 1. The fourth-order valence-corrected chi connectivity index (χ4v) is 2.62. The minimum Gasteiger partial charge on any atom is -0.480 e. The third kappa shape index (κ3) is 1.81. The lowest BCUT2D eigenvalue weighted by Gasteiger charge is -2.35. The molecule has 0 saturated heterocycles. The van der Waals surface area contributed by atoms with Gasteiger partial charge in [-0.3, -0.25) is 9.59 Å². The number of halogens is 1. The van der Waals surface area contributed by atoms with Gasteiger partial charge in [0.05, 0.1) is 9.34 Å². The first-order chi connectivity index (χ1) is 7.54. The van der Waals surface area contributed by atoms with Crippen molar-refractivity contribution in [2.75, 3.05) is 5.32 Å². The first-order valence-corrected chi connectivity index (χ1v) is 6.04. The SMILES string of the molecule is O=C(O)C1(C(=O)Nc2ccc(Cl)s2)CCC1. The maximum Gasteiger partial charge on any atom is 0.319 e. The summed E-state index contributed by atoms with van der Waals surface area (Å²) in [7, 11) is 0. The number of amides is 1. The number of rotatable bonds is 3. The molecule has 1 aliphatic rings. The van der Waals surface area contributed by atoms with E-state index >= 15 is 0 Å². The molecule has 0 aromatic carbocycles. The van der Waals surface area contributed by atoms with E-state index in [1.807, 2.05) is 0 Å². The molecule has 1 saturated carbocycles. The van der Waals surface area contributed by atoms with E-state index in [2.05, 4.69) is 5.32 Å². The Bertz CT molecular complexity index is 439. The van der Waals surface area contributed by atoms with Gasteiger partial charge in [-0.15, -0.1) is 11.3 Å². The van der Waals surface area contributed by atoms with E-state index in [9.17, 15) is 9.59 Å². The molecule has 86 valence electrons. The quantitative estimate of drug-likeness (QED) is 0.820. The van der Waals surface area contributed by atoms with Crippen molar-refractivity contribution in [3.8, 4) is 0 Å². The monoisotopic (exact) mass is 259 g/mol. The van der Waals surface area contributed by atoms with Crippen LogP contribution in [0.15, 0.2) is 12.1 Å². The zero-order valence-electron chi connectivity index (χ0n) is 8.33. The first kappa shape index (κ1) is 11.4. The predicted molar refractivity (Wildman–Crippen MR) is 61.9 cm³/mol. The zero-order valence-corrected chi connectivity index (χ0v) is 9.90. The Labute approximate surface area is 101 Å². The zero-order chi connectivity index (χ0) is 11.8. The van der Waals surface area contributed by atoms with Gasteiger partial charge in [0.2, 0.25) is 5.91 Å². The molecule has 2 rings (SSSR count). The summed E-state index contributed by atoms with van der Waals surface area (Å²) in [4.78, 5) is 22.9. The highest BCUT2D eigenvalue weighted by Gasteiger charge is 2.51. The number of anilines is 1. The second-order valence-corrected chi connectivity index (χ2v) is 5.51. The summed E-state index contributed by atoms with van der Waals surface area (Å²) in [5, 5.41) is 12.2. The van der Waals surface area contributed by atoms with Crippen molar-refractivity contribution in [1.29, 1.82) is 0 Å². The van der Waals surface area contributed by atoms with E-state index in [4.69, 9.17) is 16.7 Å². The molecule has 1 aliphatic carbocycles. The molecule has 6 heteroatoms. The van der Waals surface area contributed by atoms with Gasteiger partial charge in [0.1, 0.15) is 5.41 Å². The van der Waals surface area contributed by atoms with Crippen LogP contribution in [0.1, 0.15) is 19.3 Å². The number of hydrogen-bond donors (Lipinski definition) is 2. The first-order valence-electron chi connectivity index (χ1n) is 4.85. The lowest BCUT2D eigenvalue weighted by Crippen LogP contribution is -2.48. The summed E-state index contributed by atoms with van der Waals surface area (Å²) in [5.74, 6) is -1.48. The van der Waals surface area contributed by atoms with Crippen LogP contribution < -0.4 is 5.32 Å². The van der Waals surface area contributed by atoms with E-state index in [-0.39, 0.29) is 0 Å². The van der Waals surface area contributed by atoms with Crippen molar-refractivity contribution in [1.82, 2.24) is 0 Å². The smallest absolute Gasteiger partial charge is 0.319 e. The minimum atomic E-state index is -1.23. The summed E-state index contributed by atoms with van der Waals surface area (Å²) < 4.78 is 0.563. The average Bonchev–Trinajstić information content (AvgIpc) is 2.47. The Kier molecular flexibility index (Phi) is 2.90. The highest BCUT2D eigenvalue weighted by molar-refractivity contribution is 7.20. The summed E-state index contributed by atoms with van der Waals surface area (Å²) >= 11 is 6.94. The van der Waals surface area contributed by atoms with E-state index in [1.54, 1.807) is 12.1 Å². The van der Waals surface area contributed by atoms with Crippen LogP contribution in [-0.4, -0.2) is 17.0 Å². The maximum atomic E-state index is 11.8. The minimum absolute atomic E-state index is 0.410. The van der Waals surface area contributed by atoms with Crippen LogP contribution in [0.3, 0.4) is 0 Å². The van der Waals surface area contributed by atoms with Crippen molar-refractivity contribution in [2.45, 2.75) is 19.3 Å². The fourth-order valence-electron chi connectivity index (χ4n) is 1.68. The molecule has 0 radical (unpaired) electrons. The van der Waals surface area contributed by atoms with E-state index in [1.165, 1.54) is 11.3 Å². The number of nitrogens with one attached hydrogen (secondary N) is 1. The normalized spacial score (nSPS) is 17.6. The second-order valence-electron chi connectivity index (χ2n) is 3.80. The van der Waals surface area contributed by atoms with Gasteiger partial charge in [-0.05, 0) is 25.0 Å². The van der Waals surface area contributed by atoms with Gasteiger partial charge in [0, 0.05) is 0 Å². The molecule has 0 bridgehead atoms. The number of carboxylic acids is 1. The number of carboxylic acid groups (broad SMARTS) is 1. The van der Waals surface area contributed by atoms with Crippen molar-refractivity contribution in [3.05, 3.63) is 16.5 Å². The van der Waals surface area contributed by atoms with E-state index in [0.29, 0.717) is 22.2 Å². The molecule has 0 aliphatic heterocycles. The van der Waals surface area contributed by atoms with Gasteiger partial charge in [-0.2, -0.15) is 0 Å². The summed E-state index contributed by atoms with van der Waals surface area (Å²) in [6, 6.07) is 3.33. The molecule has 0 unspecified atom stereocenters. The molecule has 16 heavy (non-hydrogen) atoms. The van der Waals surface area contributed by atoms with Gasteiger partial charge in [0.15, 0.2) is 0 Å². The highest BCUT2D eigenvalue weighted by atomic mass is 35.5. The standard InChI is InChI=1S/C10H10ClNO3S/c11-6-2-3-7(16-6)12-8(13)10(9(14)15)4-1-5-10/h2-3H,1,4-5H2,(H,12,13)(H,14,15). The van der Waals surface area contributed by atoms with Crippen LogP contribution in [0.5, 0.6) is 0 Å². The number of carbonyl (C=O) groups excluding carboxylic acids is 1. The van der Waals surface area contributed by atoms with Gasteiger partial charge < -0.3 is 10.4 Å². The van der Waals surface area contributed by atoms with Crippen molar-refractivity contribution < 1.29 is 14.7 Å². The van der Waals surface area contributed by atoms with Gasteiger partial charge in [-0.1, -0.05) is 18.0 Å². The molecule has 1 aromatic rings. The van der Waals surface area contributed by atoms with Gasteiger partial charge >= 0.3 is 5.97 Å². The third-order valence-electron chi connectivity index (χ3n) is 2.86. The molecule has 1 aromatic heterocycles. The number of thiophene rings is 1. The average molecular weight is 260 g/mol. The molecule has 0 atom stereocenters. The Hall–Kier alpha value is -1.07. The summed E-state index contributed by atoms with van der Waals surface area (Å²) in [6.45, 7) is 0. The molecule has 0 spiro atoms. The van der Waals surface area contributed by atoms with E-state index in [0.717, 1.165) is 6.42 Å². The van der Waals surface area contributed by atoms with Crippen molar-refractivity contribution >= 4 is 39.8 Å². The van der Waals surface area contributed by atoms with Gasteiger partial charge in [0.25, 0.3) is 0 Å². The molecular weight excluding hydrogens is 250 g/mol. The van der Waals surface area contributed by atoms with Crippen LogP contribution in [0.25, 0.3) is 0 Å². The molecular formula is C10H10ClNO3S. The largest absolute Gasteiger partial charge is 0.480 e. The Morgan fingerprint density at radius 2 is 2.12 bits per heavy atom. The fraction of sp³-hybridized carbons (Fsp3) is 0.400. The Morgan fingerprint density at radius 1 is 1.44 bits per heavy atom. The van der Waals surface area contributed by atoms with Crippen LogP contribution in [0.4, 0.5) is 5.00 Å². The molecule has 4 nitrogen and oxygen atoms in total. The Balaban J connectivity index is 2.10. The summed E-state index contributed by atoms with van der Waals surface area (Å²) in [6.07, 6.45) is 1.60. The lowest BCUT2D eigenvalue weighted by atomic mass is 9.68. The maximum absolute atomic E-state index is 11.8. The van der Waals surface area contributed by atoms with Crippen LogP contribution in [0, 0.1) is 5.41 Å². The number of hydrogen-bond acceptors (Lipinski definition) is 3. The molecule has 1 amide bonds. The van der Waals surface area contributed by atoms with E-state index < -0.39 is 17.3 Å². The van der Waals surface area contributed by atoms with Crippen LogP contribution >= 0.6 is 22.9 Å². The van der Waals surface area contributed by atoms with Crippen molar-refractivity contribution in [3.63, 3.8) is 0 Å². The van der Waals surface area contributed by atoms with Crippen LogP contribution in [0.2, 0.25) is 4.34 Å². The van der Waals surface area contributed by atoms with Crippen LogP contribution in [-0.2, 0) is 9.59 Å². The predicted octanol–water partition coefficient (Wildman–Crippen LogP) is 2.59.